The number of aromatic nitrogens is 2. The Balaban J connectivity index is 1.91. The van der Waals surface area contributed by atoms with E-state index >= 15 is 0 Å². The Morgan fingerprint density at radius 1 is 1.09 bits per heavy atom. The molecule has 3 aromatic rings. The Bertz CT molecular complexity index is 1140. The third kappa shape index (κ3) is 6.23. The number of nitrogens with zero attached hydrogens (tertiary/aromatic N) is 2. The van der Waals surface area contributed by atoms with Gasteiger partial charge in [0.2, 0.25) is 0 Å². The summed E-state index contributed by atoms with van der Waals surface area (Å²) in [7, 11) is 4.69. The van der Waals surface area contributed by atoms with Crippen LogP contribution in [0.1, 0.15) is 27.6 Å². The van der Waals surface area contributed by atoms with Gasteiger partial charge in [-0.15, -0.1) is 0 Å². The van der Waals surface area contributed by atoms with Crippen molar-refractivity contribution in [2.45, 2.75) is 13.0 Å². The van der Waals surface area contributed by atoms with E-state index in [0.717, 1.165) is 0 Å². The van der Waals surface area contributed by atoms with Gasteiger partial charge in [0.05, 0.1) is 13.7 Å². The second-order valence-electron chi connectivity index (χ2n) is 7.17. The molecule has 174 valence electrons. The molecule has 3 rings (SSSR count). The minimum absolute atomic E-state index is 0.00533. The summed E-state index contributed by atoms with van der Waals surface area (Å²) in [5.41, 5.74) is 0.289. The number of methoxy groups -OCH3 is 2. The first-order chi connectivity index (χ1) is 15.8. The molecule has 0 aliphatic heterocycles. The van der Waals surface area contributed by atoms with Crippen LogP contribution in [-0.2, 0) is 11.8 Å². The lowest BCUT2D eigenvalue weighted by molar-refractivity contribution is 0.0693. The quantitative estimate of drug-likeness (QED) is 0.476. The smallest absolute Gasteiger partial charge is 0.339 e. The van der Waals surface area contributed by atoms with Gasteiger partial charge in [-0.3, -0.25) is 9.48 Å². The van der Waals surface area contributed by atoms with Gasteiger partial charge in [0.1, 0.15) is 34.7 Å². The number of carboxylic acids is 1. The molecule has 0 aliphatic rings. The van der Waals surface area contributed by atoms with Crippen molar-refractivity contribution in [1.29, 1.82) is 0 Å². The number of anilines is 1. The fourth-order valence-corrected chi connectivity index (χ4v) is 3.05. The van der Waals surface area contributed by atoms with Crippen LogP contribution in [-0.4, -0.2) is 53.7 Å². The van der Waals surface area contributed by atoms with Gasteiger partial charge < -0.3 is 29.4 Å². The number of carbonyl (C=O) groups excluding carboxylic acids is 1. The van der Waals surface area contributed by atoms with Crippen LogP contribution in [0.4, 0.5) is 5.82 Å². The topological polar surface area (TPSA) is 121 Å². The predicted octanol–water partition coefficient (Wildman–Crippen LogP) is 3.59. The maximum atomic E-state index is 12.8. The van der Waals surface area contributed by atoms with Gasteiger partial charge in [-0.25, -0.2) is 4.79 Å². The fourth-order valence-electron chi connectivity index (χ4n) is 3.05. The van der Waals surface area contributed by atoms with E-state index < -0.39 is 11.9 Å². The minimum Gasteiger partial charge on any atom is -0.496 e. The molecule has 0 fully saturated rings. The standard InChI is InChI=1S/C23H25N3O7/c1-14(13-30-3)32-17-9-15(22(27)24-21-7-8-26(2)25-21)10-18(11-17)33-16-5-6-19(23(28)29)20(12-16)31-4/h5-12,14H,13H2,1-4H3,(H,28,29)(H,24,25,27)/t14-/m0/s1. The first-order valence-electron chi connectivity index (χ1n) is 10.00. The highest BCUT2D eigenvalue weighted by Gasteiger charge is 2.16. The molecular weight excluding hydrogens is 430 g/mol. The van der Waals surface area contributed by atoms with Gasteiger partial charge >= 0.3 is 5.97 Å². The van der Waals surface area contributed by atoms with Gasteiger partial charge in [0.15, 0.2) is 5.82 Å². The van der Waals surface area contributed by atoms with Crippen LogP contribution in [0.5, 0.6) is 23.0 Å². The summed E-state index contributed by atoms with van der Waals surface area (Å²) in [4.78, 5) is 24.2. The molecule has 0 unspecified atom stereocenters. The summed E-state index contributed by atoms with van der Waals surface area (Å²) in [6.07, 6.45) is 1.44. The average Bonchev–Trinajstić information content (AvgIpc) is 3.17. The summed E-state index contributed by atoms with van der Waals surface area (Å²) in [6, 6.07) is 10.8. The summed E-state index contributed by atoms with van der Waals surface area (Å²) in [6.45, 7) is 2.19. The minimum atomic E-state index is -1.12. The number of hydrogen-bond acceptors (Lipinski definition) is 7. The molecule has 0 saturated heterocycles. The van der Waals surface area contributed by atoms with Crippen LogP contribution >= 0.6 is 0 Å². The molecule has 1 aromatic heterocycles. The van der Waals surface area contributed by atoms with E-state index in [-0.39, 0.29) is 23.0 Å². The Morgan fingerprint density at radius 2 is 1.85 bits per heavy atom. The molecule has 0 radical (unpaired) electrons. The summed E-state index contributed by atoms with van der Waals surface area (Å²) >= 11 is 0. The van der Waals surface area contributed by atoms with Crippen LogP contribution in [0, 0.1) is 0 Å². The Morgan fingerprint density at radius 3 is 2.48 bits per heavy atom. The number of hydrogen-bond donors (Lipinski definition) is 2. The molecule has 0 bridgehead atoms. The summed E-state index contributed by atoms with van der Waals surface area (Å²) in [5.74, 6) is 0.0738. The van der Waals surface area contributed by atoms with Crippen LogP contribution in [0.15, 0.2) is 48.7 Å². The molecule has 1 atom stereocenters. The summed E-state index contributed by atoms with van der Waals surface area (Å²) in [5, 5.41) is 16.1. The Hall–Kier alpha value is -4.05. The molecule has 2 N–H and O–H groups in total. The first kappa shape index (κ1) is 23.6. The largest absolute Gasteiger partial charge is 0.496 e. The highest BCUT2D eigenvalue weighted by molar-refractivity contribution is 6.04. The average molecular weight is 455 g/mol. The number of ether oxygens (including phenoxy) is 4. The zero-order chi connectivity index (χ0) is 24.0. The number of carbonyl (C=O) groups is 2. The van der Waals surface area contributed by atoms with Crippen molar-refractivity contribution in [3.8, 4) is 23.0 Å². The Kier molecular flexibility index (Phi) is 7.52. The number of aromatic carboxylic acids is 1. The number of carboxylic acid groups (broad SMARTS) is 1. The zero-order valence-corrected chi connectivity index (χ0v) is 18.7. The molecule has 10 nitrogen and oxygen atoms in total. The number of rotatable bonds is 10. The van der Waals surface area contributed by atoms with E-state index in [9.17, 15) is 14.7 Å². The van der Waals surface area contributed by atoms with Crippen LogP contribution in [0.3, 0.4) is 0 Å². The molecule has 10 heteroatoms. The third-order valence-electron chi connectivity index (χ3n) is 4.48. The van der Waals surface area contributed by atoms with E-state index in [4.69, 9.17) is 18.9 Å². The molecule has 0 aliphatic carbocycles. The maximum absolute atomic E-state index is 12.8. The van der Waals surface area contributed by atoms with Gasteiger partial charge in [-0.2, -0.15) is 5.10 Å². The lowest BCUT2D eigenvalue weighted by atomic mass is 10.1. The fraction of sp³-hybridized carbons (Fsp3) is 0.261. The van der Waals surface area contributed by atoms with Crippen molar-refractivity contribution in [3.05, 3.63) is 59.8 Å². The van der Waals surface area contributed by atoms with Gasteiger partial charge in [-0.05, 0) is 31.2 Å². The molecule has 0 saturated carbocycles. The van der Waals surface area contributed by atoms with Gasteiger partial charge in [-0.1, -0.05) is 0 Å². The third-order valence-corrected chi connectivity index (χ3v) is 4.48. The van der Waals surface area contributed by atoms with Crippen LogP contribution < -0.4 is 19.5 Å². The monoisotopic (exact) mass is 455 g/mol. The normalized spacial score (nSPS) is 11.5. The van der Waals surface area contributed by atoms with Crippen LogP contribution in [0.25, 0.3) is 0 Å². The number of benzene rings is 2. The van der Waals surface area contributed by atoms with Gasteiger partial charge in [0, 0.05) is 44.1 Å². The van der Waals surface area contributed by atoms with Crippen molar-refractivity contribution in [3.63, 3.8) is 0 Å². The van der Waals surface area contributed by atoms with Crippen LogP contribution in [0.2, 0.25) is 0 Å². The molecular formula is C23H25N3O7. The zero-order valence-electron chi connectivity index (χ0n) is 18.7. The molecule has 2 aromatic carbocycles. The second kappa shape index (κ2) is 10.5. The number of amides is 1. The van der Waals surface area contributed by atoms with Crippen molar-refractivity contribution in [2.24, 2.45) is 7.05 Å². The second-order valence-corrected chi connectivity index (χ2v) is 7.17. The number of nitrogens with one attached hydrogen (secondary N) is 1. The number of aryl methyl sites for hydroxylation is 1. The summed E-state index contributed by atoms with van der Waals surface area (Å²) < 4.78 is 23.6. The van der Waals surface area contributed by atoms with E-state index in [1.54, 1.807) is 49.3 Å². The molecule has 33 heavy (non-hydrogen) atoms. The highest BCUT2D eigenvalue weighted by atomic mass is 16.5. The molecule has 0 spiro atoms. The van der Waals surface area contributed by atoms with Crippen molar-refractivity contribution in [1.82, 2.24) is 9.78 Å². The van der Waals surface area contributed by atoms with Crippen molar-refractivity contribution >= 4 is 17.7 Å². The van der Waals surface area contributed by atoms with E-state index in [1.165, 1.54) is 25.3 Å². The molecule has 1 amide bonds. The van der Waals surface area contributed by atoms with Crippen molar-refractivity contribution in [2.75, 3.05) is 26.1 Å². The highest BCUT2D eigenvalue weighted by Crippen LogP contribution is 2.32. The maximum Gasteiger partial charge on any atom is 0.339 e. The Labute approximate surface area is 190 Å². The van der Waals surface area contributed by atoms with Gasteiger partial charge in [0.25, 0.3) is 5.91 Å². The van der Waals surface area contributed by atoms with E-state index in [0.29, 0.717) is 29.7 Å². The SMILES string of the molecule is COC[C@H](C)Oc1cc(Oc2ccc(C(=O)O)c(OC)c2)cc(C(=O)Nc2ccn(C)n2)c1. The predicted molar refractivity (Wildman–Crippen MR) is 120 cm³/mol. The first-order valence-corrected chi connectivity index (χ1v) is 10.00. The lowest BCUT2D eigenvalue weighted by Crippen LogP contribution is -2.18. The van der Waals surface area contributed by atoms with E-state index in [2.05, 4.69) is 10.4 Å². The van der Waals surface area contributed by atoms with Crippen molar-refractivity contribution < 1.29 is 33.6 Å². The molecule has 1 heterocycles. The van der Waals surface area contributed by atoms with E-state index in [1.807, 2.05) is 6.92 Å². The lowest BCUT2D eigenvalue weighted by Gasteiger charge is -2.16.